The minimum absolute atomic E-state index is 0.227. The maximum Gasteiger partial charge on any atom is 0.196 e. The number of nitrogens with two attached hydrogens (primary N) is 2. The molecule has 0 fully saturated rings. The molecule has 1 aliphatic carbocycles. The van der Waals surface area contributed by atoms with Gasteiger partial charge in [0.2, 0.25) is 0 Å². The van der Waals surface area contributed by atoms with Gasteiger partial charge in [-0.05, 0) is 24.3 Å². The molecule has 0 saturated carbocycles. The van der Waals surface area contributed by atoms with E-state index in [1.54, 1.807) is 48.5 Å². The standard InChI is InChI=1S/C20H15N3O2/c21-13-7-3-4-8-15(13)23-16-10-9-14(22)17-18(16)20(25)12-6-2-1-5-11(12)19(17)24/h1-10,23H,21-22H2. The van der Waals surface area contributed by atoms with Crippen molar-refractivity contribution in [3.63, 3.8) is 0 Å². The number of nitrogen functional groups attached to an aromatic ring is 2. The number of rotatable bonds is 2. The maximum atomic E-state index is 13.0. The molecule has 0 amide bonds. The first-order valence-corrected chi connectivity index (χ1v) is 7.80. The van der Waals surface area contributed by atoms with Crippen LogP contribution in [-0.2, 0) is 0 Å². The fourth-order valence-corrected chi connectivity index (χ4v) is 3.11. The monoisotopic (exact) mass is 329 g/mol. The predicted octanol–water partition coefficient (Wildman–Crippen LogP) is 3.37. The molecule has 0 spiro atoms. The summed E-state index contributed by atoms with van der Waals surface area (Å²) >= 11 is 0. The van der Waals surface area contributed by atoms with Crippen LogP contribution in [0.1, 0.15) is 31.8 Å². The highest BCUT2D eigenvalue weighted by molar-refractivity contribution is 6.31. The number of anilines is 4. The molecule has 0 saturated heterocycles. The van der Waals surface area contributed by atoms with Gasteiger partial charge >= 0.3 is 0 Å². The molecule has 5 nitrogen and oxygen atoms in total. The van der Waals surface area contributed by atoms with E-state index in [4.69, 9.17) is 11.5 Å². The highest BCUT2D eigenvalue weighted by Crippen LogP contribution is 2.37. The predicted molar refractivity (Wildman–Crippen MR) is 98.3 cm³/mol. The highest BCUT2D eigenvalue weighted by Gasteiger charge is 2.33. The Bertz CT molecular complexity index is 1040. The summed E-state index contributed by atoms with van der Waals surface area (Å²) in [5, 5.41) is 3.16. The summed E-state index contributed by atoms with van der Waals surface area (Å²) in [6.45, 7) is 0. The highest BCUT2D eigenvalue weighted by atomic mass is 16.1. The van der Waals surface area contributed by atoms with Gasteiger partial charge in [-0.2, -0.15) is 0 Å². The molecular weight excluding hydrogens is 314 g/mol. The Morgan fingerprint density at radius 1 is 0.600 bits per heavy atom. The summed E-state index contributed by atoms with van der Waals surface area (Å²) in [4.78, 5) is 25.9. The van der Waals surface area contributed by atoms with Crippen molar-refractivity contribution >= 4 is 34.3 Å². The third-order valence-electron chi connectivity index (χ3n) is 4.34. The van der Waals surface area contributed by atoms with E-state index in [0.29, 0.717) is 28.2 Å². The lowest BCUT2D eigenvalue weighted by molar-refractivity contribution is 0.0980. The van der Waals surface area contributed by atoms with Crippen molar-refractivity contribution in [2.75, 3.05) is 16.8 Å². The molecular formula is C20H15N3O2. The van der Waals surface area contributed by atoms with Gasteiger partial charge in [0, 0.05) is 16.8 Å². The normalized spacial score (nSPS) is 12.5. The second-order valence-electron chi connectivity index (χ2n) is 5.87. The Morgan fingerprint density at radius 2 is 1.20 bits per heavy atom. The van der Waals surface area contributed by atoms with Crippen molar-refractivity contribution in [3.05, 3.63) is 82.9 Å². The van der Waals surface area contributed by atoms with Gasteiger partial charge in [-0.1, -0.05) is 36.4 Å². The van der Waals surface area contributed by atoms with Crippen molar-refractivity contribution in [1.29, 1.82) is 0 Å². The molecule has 122 valence electrons. The second kappa shape index (κ2) is 5.49. The van der Waals surface area contributed by atoms with Crippen molar-refractivity contribution in [3.8, 4) is 0 Å². The van der Waals surface area contributed by atoms with Gasteiger partial charge in [-0.25, -0.2) is 0 Å². The lowest BCUT2D eigenvalue weighted by Gasteiger charge is -2.22. The van der Waals surface area contributed by atoms with Crippen LogP contribution in [0, 0.1) is 0 Å². The Kier molecular flexibility index (Phi) is 3.28. The van der Waals surface area contributed by atoms with E-state index in [1.165, 1.54) is 0 Å². The summed E-state index contributed by atoms with van der Waals surface area (Å²) < 4.78 is 0. The third kappa shape index (κ3) is 2.25. The minimum atomic E-state index is -0.243. The number of hydrogen-bond donors (Lipinski definition) is 3. The summed E-state index contributed by atoms with van der Waals surface area (Å²) in [6, 6.07) is 17.3. The van der Waals surface area contributed by atoms with Crippen LogP contribution in [0.3, 0.4) is 0 Å². The molecule has 0 atom stereocenters. The van der Waals surface area contributed by atoms with E-state index in [2.05, 4.69) is 5.32 Å². The zero-order valence-corrected chi connectivity index (χ0v) is 13.2. The van der Waals surface area contributed by atoms with E-state index in [0.717, 1.165) is 0 Å². The molecule has 5 heteroatoms. The first-order valence-electron chi connectivity index (χ1n) is 7.80. The van der Waals surface area contributed by atoms with E-state index >= 15 is 0 Å². The number of para-hydroxylation sites is 2. The van der Waals surface area contributed by atoms with Crippen LogP contribution in [0.5, 0.6) is 0 Å². The van der Waals surface area contributed by atoms with Gasteiger partial charge < -0.3 is 16.8 Å². The van der Waals surface area contributed by atoms with Gasteiger partial charge in [-0.15, -0.1) is 0 Å². The Labute approximate surface area is 144 Å². The van der Waals surface area contributed by atoms with Crippen LogP contribution in [0.2, 0.25) is 0 Å². The fraction of sp³-hybridized carbons (Fsp3) is 0. The van der Waals surface area contributed by atoms with E-state index < -0.39 is 0 Å². The van der Waals surface area contributed by atoms with Crippen LogP contribution in [-0.4, -0.2) is 11.6 Å². The number of hydrogen-bond acceptors (Lipinski definition) is 5. The van der Waals surface area contributed by atoms with Crippen molar-refractivity contribution in [2.45, 2.75) is 0 Å². The zero-order valence-electron chi connectivity index (χ0n) is 13.2. The van der Waals surface area contributed by atoms with Gasteiger partial charge in [0.15, 0.2) is 11.6 Å². The average Bonchev–Trinajstić information content (AvgIpc) is 2.63. The molecule has 0 radical (unpaired) electrons. The first kappa shape index (κ1) is 15.0. The Balaban J connectivity index is 1.92. The van der Waals surface area contributed by atoms with E-state index in [-0.39, 0.29) is 28.4 Å². The molecule has 0 bridgehead atoms. The quantitative estimate of drug-likeness (QED) is 0.490. The van der Waals surface area contributed by atoms with Gasteiger partial charge in [0.25, 0.3) is 0 Å². The number of ketones is 2. The van der Waals surface area contributed by atoms with Gasteiger partial charge in [0.1, 0.15) is 0 Å². The second-order valence-corrected chi connectivity index (χ2v) is 5.87. The van der Waals surface area contributed by atoms with Crippen molar-refractivity contribution in [1.82, 2.24) is 0 Å². The van der Waals surface area contributed by atoms with Crippen LogP contribution >= 0.6 is 0 Å². The molecule has 3 aromatic carbocycles. The summed E-state index contributed by atoms with van der Waals surface area (Å²) in [7, 11) is 0. The lowest BCUT2D eigenvalue weighted by Crippen LogP contribution is -2.23. The van der Waals surface area contributed by atoms with E-state index in [9.17, 15) is 9.59 Å². The van der Waals surface area contributed by atoms with Crippen LogP contribution in [0.25, 0.3) is 0 Å². The van der Waals surface area contributed by atoms with Crippen LogP contribution < -0.4 is 16.8 Å². The number of carbonyl (C=O) groups is 2. The summed E-state index contributed by atoms with van der Waals surface area (Å²) in [5.41, 5.74) is 15.3. The molecule has 25 heavy (non-hydrogen) atoms. The van der Waals surface area contributed by atoms with Gasteiger partial charge in [0.05, 0.1) is 28.2 Å². The van der Waals surface area contributed by atoms with Crippen LogP contribution in [0.15, 0.2) is 60.7 Å². The summed E-state index contributed by atoms with van der Waals surface area (Å²) in [6.07, 6.45) is 0. The van der Waals surface area contributed by atoms with Gasteiger partial charge in [-0.3, -0.25) is 9.59 Å². The average molecular weight is 329 g/mol. The van der Waals surface area contributed by atoms with Crippen LogP contribution in [0.4, 0.5) is 22.7 Å². The summed E-state index contributed by atoms with van der Waals surface area (Å²) in [5.74, 6) is -0.470. The lowest BCUT2D eigenvalue weighted by atomic mass is 9.82. The molecule has 5 N–H and O–H groups in total. The number of nitrogens with one attached hydrogen (secondary N) is 1. The third-order valence-corrected chi connectivity index (χ3v) is 4.34. The molecule has 0 heterocycles. The Morgan fingerprint density at radius 3 is 1.88 bits per heavy atom. The molecule has 0 aromatic heterocycles. The largest absolute Gasteiger partial charge is 0.398 e. The number of fused-ring (bicyclic) bond motifs is 2. The molecule has 4 rings (SSSR count). The minimum Gasteiger partial charge on any atom is -0.398 e. The van der Waals surface area contributed by atoms with E-state index in [1.807, 2.05) is 12.1 Å². The fourth-order valence-electron chi connectivity index (χ4n) is 3.11. The SMILES string of the molecule is Nc1ccccc1Nc1ccc(N)c2c1C(=O)c1ccccc1C2=O. The van der Waals surface area contributed by atoms with Crippen molar-refractivity contribution in [2.24, 2.45) is 0 Å². The zero-order chi connectivity index (χ0) is 17.6. The topological polar surface area (TPSA) is 98.2 Å². The number of carbonyl (C=O) groups excluding carboxylic acids is 2. The maximum absolute atomic E-state index is 13.0. The molecule has 0 aliphatic heterocycles. The van der Waals surface area contributed by atoms with Crippen molar-refractivity contribution < 1.29 is 9.59 Å². The smallest absolute Gasteiger partial charge is 0.196 e. The number of benzene rings is 3. The molecule has 1 aliphatic rings. The molecule has 0 unspecified atom stereocenters. The first-order chi connectivity index (χ1) is 12.1. The molecule has 3 aromatic rings. The Hall–Kier alpha value is -3.60.